The molecule has 0 aliphatic heterocycles. The summed E-state index contributed by atoms with van der Waals surface area (Å²) in [4.78, 5) is 11.6. The van der Waals surface area contributed by atoms with Crippen molar-refractivity contribution in [3.8, 4) is 0 Å². The zero-order valence-electron chi connectivity index (χ0n) is 10.8. The van der Waals surface area contributed by atoms with Crippen LogP contribution in [0.1, 0.15) is 26.7 Å². The number of amides is 1. The molecule has 0 aliphatic rings. The van der Waals surface area contributed by atoms with Crippen molar-refractivity contribution in [1.82, 2.24) is 0 Å². The third-order valence-electron chi connectivity index (χ3n) is 2.75. The Morgan fingerprint density at radius 2 is 2.00 bits per heavy atom. The fraction of sp³-hybridized carbons (Fsp3) is 0.462. The number of hydrogen-bond acceptors (Lipinski definition) is 3. The number of nitrogens with one attached hydrogen (secondary N) is 1. The van der Waals surface area contributed by atoms with E-state index in [1.807, 2.05) is 13.8 Å². The summed E-state index contributed by atoms with van der Waals surface area (Å²) in [5, 5.41) is 2.90. The van der Waals surface area contributed by atoms with Gasteiger partial charge in [0, 0.05) is 39.6 Å². The minimum atomic E-state index is -0.928. The highest BCUT2D eigenvalue weighted by Gasteiger charge is 2.11. The summed E-state index contributed by atoms with van der Waals surface area (Å²) in [6, 6.07) is 6.96. The van der Waals surface area contributed by atoms with E-state index in [1.165, 1.54) is 0 Å². The molecule has 0 saturated carbocycles. The Balaban J connectivity index is 2.38. The van der Waals surface area contributed by atoms with E-state index in [2.05, 4.69) is 5.32 Å². The smallest absolute Gasteiger partial charge is 0.225 e. The maximum Gasteiger partial charge on any atom is 0.225 e. The Morgan fingerprint density at radius 3 is 2.56 bits per heavy atom. The first-order valence-electron chi connectivity index (χ1n) is 6.05. The maximum atomic E-state index is 11.7. The Bertz CT molecular complexity index is 418. The lowest BCUT2D eigenvalue weighted by Crippen LogP contribution is -2.19. The van der Waals surface area contributed by atoms with Crippen LogP contribution in [0.25, 0.3) is 0 Å². The van der Waals surface area contributed by atoms with Gasteiger partial charge >= 0.3 is 0 Å². The Hall–Kier alpha value is -1.36. The second kappa shape index (κ2) is 7.16. The summed E-state index contributed by atoms with van der Waals surface area (Å²) in [6.45, 7) is 3.94. The van der Waals surface area contributed by atoms with E-state index in [9.17, 15) is 9.00 Å². The maximum absolute atomic E-state index is 11.7. The zero-order chi connectivity index (χ0) is 13.5. The van der Waals surface area contributed by atoms with Gasteiger partial charge in [0.05, 0.1) is 0 Å². The van der Waals surface area contributed by atoms with Gasteiger partial charge in [0.15, 0.2) is 0 Å². The quantitative estimate of drug-likeness (QED) is 0.776. The second-order valence-electron chi connectivity index (χ2n) is 4.22. The minimum Gasteiger partial charge on any atom is -0.399 e. The molecule has 2 unspecified atom stereocenters. The van der Waals surface area contributed by atoms with Crippen LogP contribution in [0, 0.1) is 0 Å². The SMILES string of the molecule is CCC(C)S(=O)CCC(=O)Nc1ccc(N)cc1. The van der Waals surface area contributed by atoms with Crippen molar-refractivity contribution >= 4 is 28.1 Å². The fourth-order valence-electron chi connectivity index (χ4n) is 1.37. The van der Waals surface area contributed by atoms with Gasteiger partial charge in [-0.3, -0.25) is 9.00 Å². The first-order valence-corrected chi connectivity index (χ1v) is 7.43. The highest BCUT2D eigenvalue weighted by atomic mass is 32.2. The molecular formula is C13H20N2O2S. The number of carbonyl (C=O) groups excluding carboxylic acids is 1. The summed E-state index contributed by atoms with van der Waals surface area (Å²) in [6.07, 6.45) is 1.15. The van der Waals surface area contributed by atoms with Crippen LogP contribution >= 0.6 is 0 Å². The summed E-state index contributed by atoms with van der Waals surface area (Å²) in [5.41, 5.74) is 6.92. The minimum absolute atomic E-state index is 0.114. The van der Waals surface area contributed by atoms with Crippen molar-refractivity contribution in [2.75, 3.05) is 16.8 Å². The number of anilines is 2. The number of hydrogen-bond donors (Lipinski definition) is 2. The van der Waals surface area contributed by atoms with Crippen molar-refractivity contribution in [2.24, 2.45) is 0 Å². The van der Waals surface area contributed by atoms with E-state index in [0.717, 1.165) is 6.42 Å². The standard InChI is InChI=1S/C13H20N2O2S/c1-3-10(2)18(17)9-8-13(16)15-12-6-4-11(14)5-7-12/h4-7,10H,3,8-9,14H2,1-2H3,(H,15,16). The number of rotatable bonds is 6. The molecular weight excluding hydrogens is 248 g/mol. The van der Waals surface area contributed by atoms with Crippen LogP contribution in [-0.2, 0) is 15.6 Å². The molecule has 0 heterocycles. The molecule has 0 fully saturated rings. The Morgan fingerprint density at radius 1 is 1.39 bits per heavy atom. The molecule has 0 saturated heterocycles. The number of nitrogen functional groups attached to an aromatic ring is 1. The predicted octanol–water partition coefficient (Wildman–Crippen LogP) is 2.14. The van der Waals surface area contributed by atoms with Gasteiger partial charge in [-0.2, -0.15) is 0 Å². The van der Waals surface area contributed by atoms with Crippen molar-refractivity contribution in [3.05, 3.63) is 24.3 Å². The molecule has 5 heteroatoms. The van der Waals surface area contributed by atoms with Crippen LogP contribution in [0.3, 0.4) is 0 Å². The van der Waals surface area contributed by atoms with E-state index < -0.39 is 10.8 Å². The molecule has 0 spiro atoms. The van der Waals surface area contributed by atoms with Gasteiger partial charge in [0.1, 0.15) is 0 Å². The topological polar surface area (TPSA) is 72.2 Å². The Kier molecular flexibility index (Phi) is 5.85. The zero-order valence-corrected chi connectivity index (χ0v) is 11.6. The first-order chi connectivity index (χ1) is 8.52. The Labute approximate surface area is 110 Å². The summed E-state index contributed by atoms with van der Waals surface area (Å²) < 4.78 is 11.7. The average Bonchev–Trinajstić information content (AvgIpc) is 2.37. The molecule has 0 aromatic heterocycles. The molecule has 1 rings (SSSR count). The number of nitrogens with two attached hydrogens (primary N) is 1. The normalized spacial score (nSPS) is 13.9. The lowest BCUT2D eigenvalue weighted by molar-refractivity contribution is -0.115. The van der Waals surface area contributed by atoms with Crippen molar-refractivity contribution < 1.29 is 9.00 Å². The van der Waals surface area contributed by atoms with Crippen LogP contribution in [-0.4, -0.2) is 21.1 Å². The molecule has 18 heavy (non-hydrogen) atoms. The highest BCUT2D eigenvalue weighted by molar-refractivity contribution is 7.85. The molecule has 2 atom stereocenters. The molecule has 0 bridgehead atoms. The van der Waals surface area contributed by atoms with E-state index in [0.29, 0.717) is 17.1 Å². The second-order valence-corrected chi connectivity index (χ2v) is 6.20. The molecule has 4 nitrogen and oxygen atoms in total. The van der Waals surface area contributed by atoms with Crippen LogP contribution < -0.4 is 11.1 Å². The van der Waals surface area contributed by atoms with Crippen molar-refractivity contribution in [3.63, 3.8) is 0 Å². The third-order valence-corrected chi connectivity index (χ3v) is 4.59. The van der Waals surface area contributed by atoms with Gasteiger partial charge in [0.2, 0.25) is 5.91 Å². The highest BCUT2D eigenvalue weighted by Crippen LogP contribution is 2.11. The predicted molar refractivity (Wildman–Crippen MR) is 76.9 cm³/mol. The van der Waals surface area contributed by atoms with Crippen LogP contribution in [0.5, 0.6) is 0 Å². The first kappa shape index (κ1) is 14.7. The van der Waals surface area contributed by atoms with Gasteiger partial charge in [-0.25, -0.2) is 0 Å². The molecule has 0 radical (unpaired) electrons. The molecule has 100 valence electrons. The molecule has 1 aromatic carbocycles. The third kappa shape index (κ3) is 4.87. The monoisotopic (exact) mass is 268 g/mol. The van der Waals surface area contributed by atoms with Crippen LogP contribution in [0.4, 0.5) is 11.4 Å². The van der Waals surface area contributed by atoms with Gasteiger partial charge in [-0.05, 0) is 30.7 Å². The largest absolute Gasteiger partial charge is 0.399 e. The number of carbonyl (C=O) groups is 1. The van der Waals surface area contributed by atoms with Crippen molar-refractivity contribution in [2.45, 2.75) is 31.9 Å². The van der Waals surface area contributed by atoms with Gasteiger partial charge in [0.25, 0.3) is 0 Å². The molecule has 1 aromatic rings. The summed E-state index contributed by atoms with van der Waals surface area (Å²) in [7, 11) is -0.928. The van der Waals surface area contributed by atoms with E-state index in [1.54, 1.807) is 24.3 Å². The summed E-state index contributed by atoms with van der Waals surface area (Å²) in [5.74, 6) is 0.298. The molecule has 0 aliphatic carbocycles. The lowest BCUT2D eigenvalue weighted by Gasteiger charge is -2.09. The van der Waals surface area contributed by atoms with Gasteiger partial charge in [-0.15, -0.1) is 0 Å². The summed E-state index contributed by atoms with van der Waals surface area (Å²) >= 11 is 0. The molecule has 1 amide bonds. The van der Waals surface area contributed by atoms with E-state index in [4.69, 9.17) is 5.73 Å². The molecule has 3 N–H and O–H groups in total. The van der Waals surface area contributed by atoms with E-state index in [-0.39, 0.29) is 17.6 Å². The van der Waals surface area contributed by atoms with Gasteiger partial charge in [-0.1, -0.05) is 13.8 Å². The van der Waals surface area contributed by atoms with Crippen LogP contribution in [0.15, 0.2) is 24.3 Å². The van der Waals surface area contributed by atoms with E-state index >= 15 is 0 Å². The fourth-order valence-corrected chi connectivity index (χ4v) is 2.53. The van der Waals surface area contributed by atoms with Crippen molar-refractivity contribution in [1.29, 1.82) is 0 Å². The van der Waals surface area contributed by atoms with Crippen LogP contribution in [0.2, 0.25) is 0 Å². The lowest BCUT2D eigenvalue weighted by atomic mass is 10.3. The average molecular weight is 268 g/mol. The number of benzene rings is 1. The van der Waals surface area contributed by atoms with Gasteiger partial charge < -0.3 is 11.1 Å².